The highest BCUT2D eigenvalue weighted by atomic mass is 32.2. The number of methoxy groups -OCH3 is 2. The molecule has 1 aliphatic carbocycles. The summed E-state index contributed by atoms with van der Waals surface area (Å²) in [5.41, 5.74) is 0.959. The maximum absolute atomic E-state index is 5.51. The van der Waals surface area contributed by atoms with Gasteiger partial charge < -0.3 is 13.9 Å². The third-order valence-corrected chi connectivity index (χ3v) is 6.07. The number of aryl methyl sites for hydroxylation is 1. The van der Waals surface area contributed by atoms with E-state index >= 15 is 0 Å². The van der Waals surface area contributed by atoms with Gasteiger partial charge >= 0.3 is 0 Å². The molecule has 154 valence electrons. The number of thioether (sulfide) groups is 1. The summed E-state index contributed by atoms with van der Waals surface area (Å²) < 4.78 is 18.6. The number of benzene rings is 1. The van der Waals surface area contributed by atoms with Crippen LogP contribution < -0.4 is 9.47 Å². The average molecular weight is 416 g/mol. The number of ether oxygens (including phenoxy) is 2. The Morgan fingerprint density at radius 3 is 2.52 bits per heavy atom. The van der Waals surface area contributed by atoms with Gasteiger partial charge in [-0.3, -0.25) is 4.57 Å². The van der Waals surface area contributed by atoms with Gasteiger partial charge in [-0.15, -0.1) is 20.4 Å². The SMILES string of the molecule is COc1ccc(-c2nnc(SCc3nnc(C)o3)n2C2CCCCC2)cc1OC. The summed E-state index contributed by atoms with van der Waals surface area (Å²) in [5.74, 6) is 3.96. The lowest BCUT2D eigenvalue weighted by Crippen LogP contribution is -2.15. The van der Waals surface area contributed by atoms with Gasteiger partial charge in [0, 0.05) is 18.5 Å². The lowest BCUT2D eigenvalue weighted by Gasteiger charge is -2.25. The molecule has 0 unspecified atom stereocenters. The summed E-state index contributed by atoms with van der Waals surface area (Å²) in [7, 11) is 3.28. The van der Waals surface area contributed by atoms with Gasteiger partial charge in [-0.05, 0) is 31.0 Å². The van der Waals surface area contributed by atoms with E-state index in [0.29, 0.717) is 35.1 Å². The molecular formula is C20H25N5O3S. The Hall–Kier alpha value is -2.55. The van der Waals surface area contributed by atoms with Crippen LogP contribution in [0, 0.1) is 6.92 Å². The number of hydrogen-bond donors (Lipinski definition) is 0. The number of hydrogen-bond acceptors (Lipinski definition) is 8. The first-order valence-corrected chi connectivity index (χ1v) is 10.8. The molecule has 0 aliphatic heterocycles. The Morgan fingerprint density at radius 1 is 1.03 bits per heavy atom. The summed E-state index contributed by atoms with van der Waals surface area (Å²) in [6, 6.07) is 6.24. The van der Waals surface area contributed by atoms with Crippen molar-refractivity contribution >= 4 is 11.8 Å². The molecule has 0 bridgehead atoms. The van der Waals surface area contributed by atoms with E-state index in [-0.39, 0.29) is 0 Å². The summed E-state index contributed by atoms with van der Waals surface area (Å²) >= 11 is 1.58. The molecule has 29 heavy (non-hydrogen) atoms. The molecule has 3 aromatic rings. The van der Waals surface area contributed by atoms with Crippen LogP contribution >= 0.6 is 11.8 Å². The zero-order chi connectivity index (χ0) is 20.2. The molecule has 0 amide bonds. The maximum Gasteiger partial charge on any atom is 0.226 e. The van der Waals surface area contributed by atoms with Crippen LogP contribution in [0.25, 0.3) is 11.4 Å². The second-order valence-electron chi connectivity index (χ2n) is 7.04. The van der Waals surface area contributed by atoms with E-state index in [0.717, 1.165) is 29.4 Å². The van der Waals surface area contributed by atoms with Crippen LogP contribution in [0.3, 0.4) is 0 Å². The third-order valence-electron chi connectivity index (χ3n) is 5.14. The van der Waals surface area contributed by atoms with Gasteiger partial charge in [0.1, 0.15) is 0 Å². The van der Waals surface area contributed by atoms with Crippen LogP contribution in [0.1, 0.15) is 49.9 Å². The van der Waals surface area contributed by atoms with Crippen molar-refractivity contribution in [1.82, 2.24) is 25.0 Å². The van der Waals surface area contributed by atoms with Crippen LogP contribution in [-0.2, 0) is 5.75 Å². The van der Waals surface area contributed by atoms with Crippen molar-refractivity contribution in [2.75, 3.05) is 14.2 Å². The average Bonchev–Trinajstić information content (AvgIpc) is 3.38. The molecule has 1 fully saturated rings. The van der Waals surface area contributed by atoms with Crippen molar-refractivity contribution in [3.8, 4) is 22.9 Å². The van der Waals surface area contributed by atoms with Crippen molar-refractivity contribution in [3.63, 3.8) is 0 Å². The molecule has 0 spiro atoms. The molecule has 9 heteroatoms. The van der Waals surface area contributed by atoms with Crippen LogP contribution in [0.5, 0.6) is 11.5 Å². The van der Waals surface area contributed by atoms with Crippen LogP contribution in [0.4, 0.5) is 0 Å². The molecule has 0 atom stereocenters. The predicted molar refractivity (Wildman–Crippen MR) is 109 cm³/mol. The molecule has 0 radical (unpaired) electrons. The van der Waals surface area contributed by atoms with E-state index in [4.69, 9.17) is 13.9 Å². The second kappa shape index (κ2) is 8.86. The van der Waals surface area contributed by atoms with Crippen molar-refractivity contribution in [2.24, 2.45) is 0 Å². The topological polar surface area (TPSA) is 88.1 Å². The van der Waals surface area contributed by atoms with E-state index in [1.807, 2.05) is 18.2 Å². The van der Waals surface area contributed by atoms with E-state index < -0.39 is 0 Å². The molecule has 4 rings (SSSR count). The minimum absolute atomic E-state index is 0.383. The second-order valence-corrected chi connectivity index (χ2v) is 7.98. The fourth-order valence-corrected chi connectivity index (χ4v) is 4.58. The van der Waals surface area contributed by atoms with Crippen molar-refractivity contribution < 1.29 is 13.9 Å². The van der Waals surface area contributed by atoms with Crippen LogP contribution in [-0.4, -0.2) is 39.2 Å². The molecule has 1 saturated carbocycles. The van der Waals surface area contributed by atoms with E-state index in [9.17, 15) is 0 Å². The first-order valence-electron chi connectivity index (χ1n) is 9.78. The van der Waals surface area contributed by atoms with Gasteiger partial charge in [0.15, 0.2) is 22.5 Å². The first kappa shape index (κ1) is 19.8. The molecule has 1 aromatic carbocycles. The van der Waals surface area contributed by atoms with Gasteiger partial charge in [-0.1, -0.05) is 31.0 Å². The van der Waals surface area contributed by atoms with Gasteiger partial charge in [-0.25, -0.2) is 0 Å². The minimum atomic E-state index is 0.383. The third kappa shape index (κ3) is 4.24. The van der Waals surface area contributed by atoms with E-state index in [1.54, 1.807) is 32.9 Å². The largest absolute Gasteiger partial charge is 0.493 e. The zero-order valence-corrected chi connectivity index (χ0v) is 17.7. The van der Waals surface area contributed by atoms with E-state index in [2.05, 4.69) is 25.0 Å². The van der Waals surface area contributed by atoms with Gasteiger partial charge in [0.2, 0.25) is 11.8 Å². The molecule has 0 saturated heterocycles. The van der Waals surface area contributed by atoms with Crippen molar-refractivity contribution in [2.45, 2.75) is 56.0 Å². The Morgan fingerprint density at radius 2 is 1.83 bits per heavy atom. The Bertz CT molecular complexity index is 965. The normalized spacial score (nSPS) is 14.9. The monoisotopic (exact) mass is 415 g/mol. The van der Waals surface area contributed by atoms with Gasteiger partial charge in [0.05, 0.1) is 20.0 Å². The first-order chi connectivity index (χ1) is 14.2. The molecule has 2 aromatic heterocycles. The zero-order valence-electron chi connectivity index (χ0n) is 16.9. The van der Waals surface area contributed by atoms with Gasteiger partial charge in [0.25, 0.3) is 0 Å². The Labute approximate surface area is 174 Å². The number of aromatic nitrogens is 5. The summed E-state index contributed by atoms with van der Waals surface area (Å²) in [6.07, 6.45) is 5.99. The standard InChI is InChI=1S/C20H25N5O3S/c1-13-21-22-18(28-13)12-29-20-24-23-19(25(20)15-7-5-4-6-8-15)14-9-10-16(26-2)17(11-14)27-3/h9-11,15H,4-8,12H2,1-3H3. The predicted octanol–water partition coefficient (Wildman–Crippen LogP) is 4.45. The summed E-state index contributed by atoms with van der Waals surface area (Å²) in [6.45, 7) is 1.79. The fourth-order valence-electron chi connectivity index (χ4n) is 3.74. The molecule has 0 N–H and O–H groups in total. The van der Waals surface area contributed by atoms with Gasteiger partial charge in [-0.2, -0.15) is 0 Å². The summed E-state index contributed by atoms with van der Waals surface area (Å²) in [4.78, 5) is 0. The quantitative estimate of drug-likeness (QED) is 0.523. The highest BCUT2D eigenvalue weighted by Gasteiger charge is 2.25. The molecule has 1 aliphatic rings. The molecule has 8 nitrogen and oxygen atoms in total. The lowest BCUT2D eigenvalue weighted by molar-refractivity contribution is 0.338. The fraction of sp³-hybridized carbons (Fsp3) is 0.500. The van der Waals surface area contributed by atoms with Crippen molar-refractivity contribution in [3.05, 3.63) is 30.0 Å². The highest BCUT2D eigenvalue weighted by Crippen LogP contribution is 2.38. The van der Waals surface area contributed by atoms with Crippen LogP contribution in [0.15, 0.2) is 27.8 Å². The Kier molecular flexibility index (Phi) is 6.03. The lowest BCUT2D eigenvalue weighted by atomic mass is 9.95. The van der Waals surface area contributed by atoms with E-state index in [1.165, 1.54) is 19.3 Å². The Balaban J connectivity index is 1.68. The molecule has 2 heterocycles. The van der Waals surface area contributed by atoms with Crippen LogP contribution in [0.2, 0.25) is 0 Å². The number of nitrogens with zero attached hydrogens (tertiary/aromatic N) is 5. The smallest absolute Gasteiger partial charge is 0.226 e. The minimum Gasteiger partial charge on any atom is -0.493 e. The highest BCUT2D eigenvalue weighted by molar-refractivity contribution is 7.98. The van der Waals surface area contributed by atoms with Crippen molar-refractivity contribution in [1.29, 1.82) is 0 Å². The summed E-state index contributed by atoms with van der Waals surface area (Å²) in [5, 5.41) is 17.9. The number of rotatable bonds is 7. The molecular weight excluding hydrogens is 390 g/mol. The maximum atomic E-state index is 5.51.